The predicted molar refractivity (Wildman–Crippen MR) is 108 cm³/mol. The molecule has 0 bridgehead atoms. The number of rotatable bonds is 8. The molecule has 1 N–H and O–H groups in total. The largest absolute Gasteiger partial charge is 0.435 e. The van der Waals surface area contributed by atoms with Crippen LogP contribution < -0.4 is 10.1 Å². The number of benzene rings is 1. The summed E-state index contributed by atoms with van der Waals surface area (Å²) in [5.74, 6) is -0.0852. The third kappa shape index (κ3) is 7.01. The molecule has 0 unspecified atom stereocenters. The summed E-state index contributed by atoms with van der Waals surface area (Å²) in [6, 6.07) is 8.21. The fourth-order valence-corrected chi connectivity index (χ4v) is 4.39. The van der Waals surface area contributed by atoms with Crippen molar-refractivity contribution in [2.45, 2.75) is 20.3 Å². The molecule has 0 saturated heterocycles. The van der Waals surface area contributed by atoms with Crippen LogP contribution in [0.15, 0.2) is 36.5 Å². The Hall–Kier alpha value is -1.83. The number of para-hydroxylation sites is 2. The summed E-state index contributed by atoms with van der Waals surface area (Å²) in [4.78, 5) is 16.2. The van der Waals surface area contributed by atoms with Crippen LogP contribution in [0.2, 0.25) is 10.0 Å². The maximum Gasteiger partial charge on any atom is 0.238 e. The smallest absolute Gasteiger partial charge is 0.238 e. The van der Waals surface area contributed by atoms with E-state index in [0.29, 0.717) is 16.5 Å². The van der Waals surface area contributed by atoms with E-state index >= 15 is 0 Å². The highest BCUT2D eigenvalue weighted by Gasteiger charge is 2.17. The molecule has 0 saturated carbocycles. The van der Waals surface area contributed by atoms with Crippen molar-refractivity contribution in [3.8, 4) is 11.6 Å². The van der Waals surface area contributed by atoms with Gasteiger partial charge >= 0.3 is 0 Å². The minimum absolute atomic E-state index is 0.0174. The van der Waals surface area contributed by atoms with Crippen molar-refractivity contribution >= 4 is 44.6 Å². The van der Waals surface area contributed by atoms with Crippen molar-refractivity contribution in [3.63, 3.8) is 0 Å². The molecule has 2 rings (SSSR count). The summed E-state index contributed by atoms with van der Waals surface area (Å²) in [6.45, 7) is 3.64. The first-order valence-corrected chi connectivity index (χ1v) is 10.8. The van der Waals surface area contributed by atoms with Crippen molar-refractivity contribution < 1.29 is 17.9 Å². The third-order valence-electron chi connectivity index (χ3n) is 3.37. The number of nitrogens with zero attached hydrogens (tertiary/aromatic N) is 1. The minimum Gasteiger partial charge on any atom is -0.435 e. The second-order valence-corrected chi connectivity index (χ2v) is 9.42. The van der Waals surface area contributed by atoms with Gasteiger partial charge in [-0.25, -0.2) is 13.4 Å². The number of halogens is 2. The highest BCUT2D eigenvalue weighted by molar-refractivity contribution is 7.91. The molecule has 2 aromatic rings. The van der Waals surface area contributed by atoms with Crippen LogP contribution in [0.4, 0.5) is 5.69 Å². The van der Waals surface area contributed by atoms with Gasteiger partial charge in [0.25, 0.3) is 0 Å². The SMILES string of the molecule is CC(C)CS(=O)(=O)CCC(=O)Nc1ccccc1Oc1ncc(Cl)cc1Cl. The zero-order valence-corrected chi connectivity index (χ0v) is 17.2. The number of hydrogen-bond donors (Lipinski definition) is 1. The summed E-state index contributed by atoms with van der Waals surface area (Å²) in [5, 5.41) is 3.26. The number of ether oxygens (including phenoxy) is 1. The lowest BCUT2D eigenvalue weighted by Crippen LogP contribution is -2.21. The molecule has 0 aliphatic carbocycles. The normalized spacial score (nSPS) is 11.4. The molecule has 0 atom stereocenters. The number of carbonyl (C=O) groups is 1. The van der Waals surface area contributed by atoms with Gasteiger partial charge in [-0.05, 0) is 24.1 Å². The zero-order valence-electron chi connectivity index (χ0n) is 14.9. The molecule has 0 aliphatic heterocycles. The van der Waals surface area contributed by atoms with Crippen LogP contribution in [-0.2, 0) is 14.6 Å². The summed E-state index contributed by atoms with van der Waals surface area (Å²) in [5.41, 5.74) is 0.386. The molecule has 1 amide bonds. The number of nitrogens with one attached hydrogen (secondary N) is 1. The maximum atomic E-state index is 12.2. The Morgan fingerprint density at radius 1 is 1.26 bits per heavy atom. The molecular weight excluding hydrogens is 411 g/mol. The van der Waals surface area contributed by atoms with E-state index in [4.69, 9.17) is 27.9 Å². The first-order valence-electron chi connectivity index (χ1n) is 8.24. The van der Waals surface area contributed by atoms with E-state index < -0.39 is 15.7 Å². The van der Waals surface area contributed by atoms with Crippen molar-refractivity contribution in [2.75, 3.05) is 16.8 Å². The van der Waals surface area contributed by atoms with E-state index in [-0.39, 0.29) is 34.7 Å². The Kier molecular flexibility index (Phi) is 7.47. The average Bonchev–Trinajstić information content (AvgIpc) is 2.56. The fourth-order valence-electron chi connectivity index (χ4n) is 2.29. The van der Waals surface area contributed by atoms with Crippen LogP contribution in [0.3, 0.4) is 0 Å². The summed E-state index contributed by atoms with van der Waals surface area (Å²) < 4.78 is 29.5. The van der Waals surface area contributed by atoms with Crippen LogP contribution in [0.1, 0.15) is 20.3 Å². The van der Waals surface area contributed by atoms with Crippen LogP contribution >= 0.6 is 23.2 Å². The summed E-state index contributed by atoms with van der Waals surface area (Å²) >= 11 is 11.9. The van der Waals surface area contributed by atoms with Crippen LogP contribution in [0, 0.1) is 5.92 Å². The average molecular weight is 431 g/mol. The number of pyridine rings is 1. The second-order valence-electron chi connectivity index (χ2n) is 6.35. The molecule has 0 spiro atoms. The monoisotopic (exact) mass is 430 g/mol. The Labute approximate surface area is 168 Å². The Morgan fingerprint density at radius 2 is 1.96 bits per heavy atom. The van der Waals surface area contributed by atoms with E-state index in [1.165, 1.54) is 12.3 Å². The third-order valence-corrected chi connectivity index (χ3v) is 5.85. The number of sulfone groups is 1. The molecule has 0 radical (unpaired) electrons. The van der Waals surface area contributed by atoms with Gasteiger partial charge in [-0.1, -0.05) is 49.2 Å². The highest BCUT2D eigenvalue weighted by atomic mass is 35.5. The molecule has 6 nitrogen and oxygen atoms in total. The lowest BCUT2D eigenvalue weighted by atomic mass is 10.3. The molecule has 27 heavy (non-hydrogen) atoms. The zero-order chi connectivity index (χ0) is 20.0. The lowest BCUT2D eigenvalue weighted by Gasteiger charge is -2.12. The van der Waals surface area contributed by atoms with Crippen molar-refractivity contribution in [2.24, 2.45) is 5.92 Å². The van der Waals surface area contributed by atoms with Gasteiger partial charge in [-0.15, -0.1) is 0 Å². The van der Waals surface area contributed by atoms with Gasteiger partial charge in [0.2, 0.25) is 11.8 Å². The molecule has 1 aromatic heterocycles. The second kappa shape index (κ2) is 9.39. The predicted octanol–water partition coefficient (Wildman–Crippen LogP) is 4.58. The Morgan fingerprint density at radius 3 is 2.63 bits per heavy atom. The van der Waals surface area contributed by atoms with Crippen LogP contribution in [0.5, 0.6) is 11.6 Å². The fraction of sp³-hybridized carbons (Fsp3) is 0.333. The van der Waals surface area contributed by atoms with Crippen molar-refractivity contribution in [3.05, 3.63) is 46.6 Å². The van der Waals surface area contributed by atoms with E-state index in [1.54, 1.807) is 24.3 Å². The van der Waals surface area contributed by atoms with E-state index in [2.05, 4.69) is 10.3 Å². The van der Waals surface area contributed by atoms with E-state index in [0.717, 1.165) is 0 Å². The standard InChI is InChI=1S/C18H20Cl2N2O4S/c1-12(2)11-27(24,25)8-7-17(23)22-15-5-3-4-6-16(15)26-18-14(20)9-13(19)10-21-18/h3-6,9-10,12H,7-8,11H2,1-2H3,(H,22,23). The number of aromatic nitrogens is 1. The van der Waals surface area contributed by atoms with Crippen molar-refractivity contribution in [1.82, 2.24) is 4.98 Å². The molecule has 0 aliphatic rings. The quantitative estimate of drug-likeness (QED) is 0.661. The molecule has 9 heteroatoms. The van der Waals surface area contributed by atoms with E-state index in [9.17, 15) is 13.2 Å². The van der Waals surface area contributed by atoms with Crippen LogP contribution in [0.25, 0.3) is 0 Å². The number of anilines is 1. The first kappa shape index (κ1) is 21.5. The minimum atomic E-state index is -3.27. The molecule has 1 heterocycles. The number of carbonyl (C=O) groups excluding carboxylic acids is 1. The molecule has 1 aromatic carbocycles. The summed E-state index contributed by atoms with van der Waals surface area (Å²) in [6.07, 6.45) is 1.26. The maximum absolute atomic E-state index is 12.2. The van der Waals surface area contributed by atoms with Gasteiger partial charge in [0.15, 0.2) is 15.6 Å². The summed E-state index contributed by atoms with van der Waals surface area (Å²) in [7, 11) is -3.27. The van der Waals surface area contributed by atoms with Crippen LogP contribution in [-0.4, -0.2) is 30.8 Å². The van der Waals surface area contributed by atoms with Gasteiger partial charge in [0.05, 0.1) is 22.2 Å². The van der Waals surface area contributed by atoms with Gasteiger partial charge in [0, 0.05) is 12.6 Å². The first-order chi connectivity index (χ1) is 12.7. The van der Waals surface area contributed by atoms with Gasteiger partial charge in [-0.3, -0.25) is 4.79 Å². The lowest BCUT2D eigenvalue weighted by molar-refractivity contribution is -0.115. The number of amides is 1. The molecular formula is C18H20Cl2N2O4S. The Balaban J connectivity index is 2.06. The molecule has 0 fully saturated rings. The topological polar surface area (TPSA) is 85.4 Å². The van der Waals surface area contributed by atoms with Gasteiger partial charge in [-0.2, -0.15) is 0 Å². The molecule has 146 valence electrons. The van der Waals surface area contributed by atoms with Gasteiger partial charge < -0.3 is 10.1 Å². The number of hydrogen-bond acceptors (Lipinski definition) is 5. The van der Waals surface area contributed by atoms with Gasteiger partial charge in [0.1, 0.15) is 5.02 Å². The Bertz CT molecular complexity index is 917. The van der Waals surface area contributed by atoms with Crippen molar-refractivity contribution in [1.29, 1.82) is 0 Å². The van der Waals surface area contributed by atoms with E-state index in [1.807, 2.05) is 13.8 Å². The highest BCUT2D eigenvalue weighted by Crippen LogP contribution is 2.33.